The lowest BCUT2D eigenvalue weighted by Gasteiger charge is -2.11. The summed E-state index contributed by atoms with van der Waals surface area (Å²) in [5, 5.41) is 7.95. The molecule has 0 saturated carbocycles. The van der Waals surface area contributed by atoms with Gasteiger partial charge < -0.3 is 20.9 Å². The average molecular weight is 521 g/mol. The van der Waals surface area contributed by atoms with Crippen molar-refractivity contribution in [1.29, 1.82) is 0 Å². The van der Waals surface area contributed by atoms with Crippen molar-refractivity contribution < 1.29 is 22.8 Å². The number of fused-ring (bicyclic) bond motifs is 1. The second kappa shape index (κ2) is 9.90. The first-order valence-electron chi connectivity index (χ1n) is 11.1. The fraction of sp³-hybridized carbons (Fsp3) is 0.0370. The minimum absolute atomic E-state index is 0.0303. The summed E-state index contributed by atoms with van der Waals surface area (Å²) in [5.74, 6) is -0.176. The minimum Gasteiger partial charge on any atom is -0.362 e. The molecule has 6 nitrogen and oxygen atoms in total. The highest BCUT2D eigenvalue weighted by Gasteiger charge is 2.30. The van der Waals surface area contributed by atoms with Crippen molar-refractivity contribution in [1.82, 2.24) is 4.98 Å². The molecular formula is C27H19F3N4O2S. The Labute approximate surface area is 214 Å². The molecule has 4 N–H and O–H groups in total. The zero-order valence-electron chi connectivity index (χ0n) is 19.0. The normalized spacial score (nSPS) is 13.8. The maximum absolute atomic E-state index is 12.9. The number of hydrogen-bond acceptors (Lipinski definition) is 3. The summed E-state index contributed by atoms with van der Waals surface area (Å²) < 4.78 is 38.7. The van der Waals surface area contributed by atoms with E-state index in [1.807, 2.05) is 36.4 Å². The van der Waals surface area contributed by atoms with Crippen LogP contribution < -0.4 is 16.0 Å². The Morgan fingerprint density at radius 3 is 2.32 bits per heavy atom. The summed E-state index contributed by atoms with van der Waals surface area (Å²) in [6.07, 6.45) is -0.911. The maximum atomic E-state index is 12.9. The summed E-state index contributed by atoms with van der Waals surface area (Å²) in [5.41, 5.74) is 2.59. The fourth-order valence-electron chi connectivity index (χ4n) is 3.81. The van der Waals surface area contributed by atoms with Gasteiger partial charge in [0.25, 0.3) is 5.91 Å². The van der Waals surface area contributed by atoms with Gasteiger partial charge in [-0.25, -0.2) is 4.79 Å². The number of urea groups is 1. The molecule has 0 bridgehead atoms. The summed E-state index contributed by atoms with van der Waals surface area (Å²) >= 11 is 1.44. The van der Waals surface area contributed by atoms with Crippen LogP contribution in [0.25, 0.3) is 11.6 Å². The van der Waals surface area contributed by atoms with Crippen LogP contribution in [-0.4, -0.2) is 16.9 Å². The number of aromatic nitrogens is 1. The van der Waals surface area contributed by atoms with Crippen LogP contribution in [0.5, 0.6) is 0 Å². The molecule has 0 aliphatic carbocycles. The monoisotopic (exact) mass is 520 g/mol. The van der Waals surface area contributed by atoms with Crippen molar-refractivity contribution in [2.45, 2.75) is 16.0 Å². The molecular weight excluding hydrogens is 501 g/mol. The molecule has 37 heavy (non-hydrogen) atoms. The summed E-state index contributed by atoms with van der Waals surface area (Å²) in [6, 6.07) is 20.2. The zero-order chi connectivity index (χ0) is 26.0. The number of nitrogens with one attached hydrogen (secondary N) is 4. The molecule has 10 heteroatoms. The van der Waals surface area contributed by atoms with Crippen molar-refractivity contribution in [3.05, 3.63) is 102 Å². The van der Waals surface area contributed by atoms with Crippen molar-refractivity contribution in [2.75, 3.05) is 16.0 Å². The lowest BCUT2D eigenvalue weighted by Crippen LogP contribution is -2.19. The number of anilines is 3. The number of amides is 3. The van der Waals surface area contributed by atoms with E-state index < -0.39 is 17.8 Å². The molecule has 4 aromatic rings. The molecule has 3 aromatic carbocycles. The van der Waals surface area contributed by atoms with Gasteiger partial charge in [0.05, 0.1) is 16.8 Å². The molecule has 0 atom stereocenters. The molecule has 0 spiro atoms. The third kappa shape index (κ3) is 5.70. The highest BCUT2D eigenvalue weighted by atomic mass is 32.2. The number of H-pyrrole nitrogens is 1. The van der Waals surface area contributed by atoms with Gasteiger partial charge in [-0.2, -0.15) is 13.2 Å². The van der Waals surface area contributed by atoms with E-state index in [-0.39, 0.29) is 11.6 Å². The van der Waals surface area contributed by atoms with Gasteiger partial charge in [-0.1, -0.05) is 30.0 Å². The SMILES string of the molecule is O=C(Nc1cccc(Sc2ccc3c(c2)NC(=O)C3=Cc2ccc[nH]2)c1)Nc1cccc(C(F)(F)F)c1. The van der Waals surface area contributed by atoms with Gasteiger partial charge in [-0.15, -0.1) is 0 Å². The summed E-state index contributed by atoms with van der Waals surface area (Å²) in [7, 11) is 0. The van der Waals surface area contributed by atoms with E-state index in [1.54, 1.807) is 30.5 Å². The molecule has 186 valence electrons. The van der Waals surface area contributed by atoms with Crippen LogP contribution in [0.3, 0.4) is 0 Å². The first-order chi connectivity index (χ1) is 17.7. The van der Waals surface area contributed by atoms with Crippen LogP contribution >= 0.6 is 11.8 Å². The van der Waals surface area contributed by atoms with Crippen molar-refractivity contribution >= 4 is 52.4 Å². The van der Waals surface area contributed by atoms with Gasteiger partial charge in [-0.05, 0) is 66.7 Å². The van der Waals surface area contributed by atoms with Crippen LogP contribution in [0.15, 0.2) is 94.9 Å². The Morgan fingerprint density at radius 2 is 1.59 bits per heavy atom. The summed E-state index contributed by atoms with van der Waals surface area (Å²) in [6.45, 7) is 0. The third-order valence-electron chi connectivity index (χ3n) is 5.47. The maximum Gasteiger partial charge on any atom is 0.416 e. The number of benzene rings is 3. The number of carbonyl (C=O) groups excluding carboxylic acids is 2. The van der Waals surface area contributed by atoms with E-state index in [0.29, 0.717) is 16.9 Å². The van der Waals surface area contributed by atoms with E-state index in [9.17, 15) is 22.8 Å². The topological polar surface area (TPSA) is 86.0 Å². The van der Waals surface area contributed by atoms with Crippen molar-refractivity contribution in [2.24, 2.45) is 0 Å². The van der Waals surface area contributed by atoms with Gasteiger partial charge in [0, 0.05) is 38.6 Å². The number of halogens is 3. The highest BCUT2D eigenvalue weighted by molar-refractivity contribution is 7.99. The van der Waals surface area contributed by atoms with E-state index in [0.717, 1.165) is 33.2 Å². The van der Waals surface area contributed by atoms with Crippen molar-refractivity contribution in [3.63, 3.8) is 0 Å². The van der Waals surface area contributed by atoms with E-state index in [1.165, 1.54) is 23.9 Å². The van der Waals surface area contributed by atoms with E-state index in [4.69, 9.17) is 0 Å². The largest absolute Gasteiger partial charge is 0.416 e. The van der Waals surface area contributed by atoms with Crippen LogP contribution in [0.2, 0.25) is 0 Å². The predicted molar refractivity (Wildman–Crippen MR) is 138 cm³/mol. The molecule has 0 fully saturated rings. The second-order valence-corrected chi connectivity index (χ2v) is 9.28. The molecule has 0 saturated heterocycles. The molecule has 1 aliphatic rings. The molecule has 2 heterocycles. The van der Waals surface area contributed by atoms with Gasteiger partial charge in [0.2, 0.25) is 0 Å². The lowest BCUT2D eigenvalue weighted by atomic mass is 10.1. The number of aromatic amines is 1. The minimum atomic E-state index is -4.50. The molecule has 1 aliphatic heterocycles. The first-order valence-corrected chi connectivity index (χ1v) is 11.9. The first kappa shape index (κ1) is 24.3. The van der Waals surface area contributed by atoms with E-state index >= 15 is 0 Å². The molecule has 1 aromatic heterocycles. The van der Waals surface area contributed by atoms with Gasteiger partial charge in [0.15, 0.2) is 0 Å². The Hall–Kier alpha value is -4.44. The van der Waals surface area contributed by atoms with Gasteiger partial charge in [0.1, 0.15) is 0 Å². The van der Waals surface area contributed by atoms with Crippen LogP contribution in [-0.2, 0) is 11.0 Å². The van der Waals surface area contributed by atoms with Crippen LogP contribution in [0.1, 0.15) is 16.8 Å². The Kier molecular flexibility index (Phi) is 6.49. The van der Waals surface area contributed by atoms with Gasteiger partial charge in [-0.3, -0.25) is 4.79 Å². The zero-order valence-corrected chi connectivity index (χ0v) is 19.8. The van der Waals surface area contributed by atoms with Crippen molar-refractivity contribution in [3.8, 4) is 0 Å². The Balaban J connectivity index is 1.26. The Morgan fingerprint density at radius 1 is 0.865 bits per heavy atom. The Bertz CT molecular complexity index is 1510. The number of carbonyl (C=O) groups is 2. The number of rotatable bonds is 5. The number of hydrogen-bond donors (Lipinski definition) is 4. The average Bonchev–Trinajstić information content (AvgIpc) is 3.46. The molecule has 3 amide bonds. The van der Waals surface area contributed by atoms with Gasteiger partial charge >= 0.3 is 12.2 Å². The van der Waals surface area contributed by atoms with Crippen LogP contribution in [0.4, 0.5) is 35.0 Å². The van der Waals surface area contributed by atoms with E-state index in [2.05, 4.69) is 20.9 Å². The third-order valence-corrected chi connectivity index (χ3v) is 6.45. The summed E-state index contributed by atoms with van der Waals surface area (Å²) in [4.78, 5) is 29.6. The molecule has 0 radical (unpaired) electrons. The fourth-order valence-corrected chi connectivity index (χ4v) is 4.73. The standard InChI is InChI=1S/C27H19F3N4O2S/c28-27(29,30)16-4-1-5-18(12-16)32-26(36)33-19-6-2-8-20(13-19)37-21-9-10-22-23(14-17-7-3-11-31-17)25(35)34-24(22)15-21/h1-15,31H,(H,34,35)(H2,32,33,36). The quantitative estimate of drug-likeness (QED) is 0.208. The van der Waals surface area contributed by atoms with Crippen LogP contribution in [0, 0.1) is 0 Å². The molecule has 0 unspecified atom stereocenters. The second-order valence-electron chi connectivity index (χ2n) is 8.13. The highest BCUT2D eigenvalue weighted by Crippen LogP contribution is 2.38. The predicted octanol–water partition coefficient (Wildman–Crippen LogP) is 7.32. The number of alkyl halides is 3. The smallest absolute Gasteiger partial charge is 0.362 e. The lowest BCUT2D eigenvalue weighted by molar-refractivity contribution is -0.137. The molecule has 5 rings (SSSR count).